The maximum absolute atomic E-state index is 11.4. The average molecular weight is 224 g/mol. The van der Waals surface area contributed by atoms with E-state index in [1.165, 1.54) is 11.8 Å². The van der Waals surface area contributed by atoms with Crippen molar-refractivity contribution >= 4 is 17.7 Å². The van der Waals surface area contributed by atoms with Crippen molar-refractivity contribution in [3.8, 4) is 0 Å². The SMILES string of the molecule is CC[C@H](C)NC(=O)CSc1ccncc1. The maximum atomic E-state index is 11.4. The molecule has 1 N–H and O–H groups in total. The van der Waals surface area contributed by atoms with Crippen molar-refractivity contribution < 1.29 is 4.79 Å². The van der Waals surface area contributed by atoms with Gasteiger partial charge in [0, 0.05) is 23.3 Å². The molecule has 0 aliphatic carbocycles. The van der Waals surface area contributed by atoms with Crippen LogP contribution in [-0.2, 0) is 4.79 Å². The molecule has 0 aliphatic heterocycles. The molecule has 0 unspecified atom stereocenters. The van der Waals surface area contributed by atoms with Crippen molar-refractivity contribution in [2.75, 3.05) is 5.75 Å². The highest BCUT2D eigenvalue weighted by Gasteiger charge is 2.05. The first-order chi connectivity index (χ1) is 7.22. The van der Waals surface area contributed by atoms with E-state index in [1.807, 2.05) is 19.1 Å². The van der Waals surface area contributed by atoms with Gasteiger partial charge in [-0.3, -0.25) is 9.78 Å². The van der Waals surface area contributed by atoms with Gasteiger partial charge in [0.15, 0.2) is 0 Å². The van der Waals surface area contributed by atoms with Crippen molar-refractivity contribution in [3.05, 3.63) is 24.5 Å². The topological polar surface area (TPSA) is 42.0 Å². The molecule has 0 fully saturated rings. The molecule has 1 rings (SSSR count). The van der Waals surface area contributed by atoms with Crippen LogP contribution in [0.5, 0.6) is 0 Å². The van der Waals surface area contributed by atoms with Gasteiger partial charge in [0.05, 0.1) is 5.75 Å². The Morgan fingerprint density at radius 3 is 2.80 bits per heavy atom. The van der Waals surface area contributed by atoms with Crippen LogP contribution in [0.15, 0.2) is 29.4 Å². The molecular weight excluding hydrogens is 208 g/mol. The summed E-state index contributed by atoms with van der Waals surface area (Å²) in [7, 11) is 0. The van der Waals surface area contributed by atoms with E-state index in [9.17, 15) is 4.79 Å². The van der Waals surface area contributed by atoms with Gasteiger partial charge < -0.3 is 5.32 Å². The number of aromatic nitrogens is 1. The standard InChI is InChI=1S/C11H16N2OS/c1-3-9(2)13-11(14)8-15-10-4-6-12-7-5-10/h4-7,9H,3,8H2,1-2H3,(H,13,14)/t9-/m0/s1. The Morgan fingerprint density at radius 2 is 2.20 bits per heavy atom. The van der Waals surface area contributed by atoms with Gasteiger partial charge in [-0.15, -0.1) is 11.8 Å². The van der Waals surface area contributed by atoms with E-state index in [0.717, 1.165) is 11.3 Å². The Hall–Kier alpha value is -1.03. The van der Waals surface area contributed by atoms with Crippen LogP contribution in [0, 0.1) is 0 Å². The molecule has 1 aromatic rings. The zero-order chi connectivity index (χ0) is 11.1. The lowest BCUT2D eigenvalue weighted by Crippen LogP contribution is -2.33. The molecule has 4 heteroatoms. The molecule has 82 valence electrons. The van der Waals surface area contributed by atoms with Crippen molar-refractivity contribution in [2.45, 2.75) is 31.2 Å². The number of hydrogen-bond acceptors (Lipinski definition) is 3. The second-order valence-corrected chi connectivity index (χ2v) is 4.40. The van der Waals surface area contributed by atoms with Gasteiger partial charge in [-0.2, -0.15) is 0 Å². The number of pyridine rings is 1. The highest BCUT2D eigenvalue weighted by molar-refractivity contribution is 8.00. The fraction of sp³-hybridized carbons (Fsp3) is 0.455. The fourth-order valence-electron chi connectivity index (χ4n) is 1.00. The van der Waals surface area contributed by atoms with Gasteiger partial charge in [0.2, 0.25) is 5.91 Å². The normalized spacial score (nSPS) is 12.1. The zero-order valence-electron chi connectivity index (χ0n) is 9.06. The largest absolute Gasteiger partial charge is 0.353 e. The Morgan fingerprint density at radius 1 is 1.53 bits per heavy atom. The van der Waals surface area contributed by atoms with Gasteiger partial charge in [-0.1, -0.05) is 6.92 Å². The first-order valence-corrected chi connectivity index (χ1v) is 6.03. The summed E-state index contributed by atoms with van der Waals surface area (Å²) in [6.45, 7) is 4.07. The lowest BCUT2D eigenvalue weighted by Gasteiger charge is -2.10. The number of nitrogens with one attached hydrogen (secondary N) is 1. The van der Waals surface area contributed by atoms with Crippen LogP contribution in [-0.4, -0.2) is 22.7 Å². The maximum Gasteiger partial charge on any atom is 0.230 e. The van der Waals surface area contributed by atoms with E-state index in [0.29, 0.717) is 5.75 Å². The van der Waals surface area contributed by atoms with E-state index in [1.54, 1.807) is 12.4 Å². The number of hydrogen-bond donors (Lipinski definition) is 1. The van der Waals surface area contributed by atoms with Crippen molar-refractivity contribution in [1.82, 2.24) is 10.3 Å². The summed E-state index contributed by atoms with van der Waals surface area (Å²) in [5, 5.41) is 2.92. The van der Waals surface area contributed by atoms with Crippen LogP contribution >= 0.6 is 11.8 Å². The quantitative estimate of drug-likeness (QED) is 0.779. The molecule has 1 heterocycles. The average Bonchev–Trinajstić information content (AvgIpc) is 2.27. The third-order valence-corrected chi connectivity index (χ3v) is 3.05. The molecule has 0 saturated carbocycles. The van der Waals surface area contributed by atoms with Gasteiger partial charge in [-0.25, -0.2) is 0 Å². The molecule has 1 amide bonds. The van der Waals surface area contributed by atoms with Crippen molar-refractivity contribution in [1.29, 1.82) is 0 Å². The van der Waals surface area contributed by atoms with Gasteiger partial charge in [-0.05, 0) is 25.5 Å². The molecule has 0 radical (unpaired) electrons. The summed E-state index contributed by atoms with van der Waals surface area (Å²) in [6.07, 6.45) is 4.43. The van der Waals surface area contributed by atoms with Crippen LogP contribution < -0.4 is 5.32 Å². The van der Waals surface area contributed by atoms with E-state index >= 15 is 0 Å². The minimum Gasteiger partial charge on any atom is -0.353 e. The van der Waals surface area contributed by atoms with Gasteiger partial charge >= 0.3 is 0 Å². The van der Waals surface area contributed by atoms with Gasteiger partial charge in [0.1, 0.15) is 0 Å². The monoisotopic (exact) mass is 224 g/mol. The predicted molar refractivity (Wildman–Crippen MR) is 62.9 cm³/mol. The molecule has 3 nitrogen and oxygen atoms in total. The summed E-state index contributed by atoms with van der Waals surface area (Å²) in [5.41, 5.74) is 0. The van der Waals surface area contributed by atoms with Crippen LogP contribution in [0.1, 0.15) is 20.3 Å². The third-order valence-electron chi connectivity index (χ3n) is 2.04. The molecule has 0 saturated heterocycles. The Bertz CT molecular complexity index is 303. The Balaban J connectivity index is 2.29. The lowest BCUT2D eigenvalue weighted by molar-refractivity contribution is -0.119. The van der Waals surface area contributed by atoms with E-state index in [2.05, 4.69) is 17.2 Å². The van der Waals surface area contributed by atoms with Crippen LogP contribution in [0.25, 0.3) is 0 Å². The zero-order valence-corrected chi connectivity index (χ0v) is 9.88. The van der Waals surface area contributed by atoms with Crippen LogP contribution in [0.4, 0.5) is 0 Å². The number of rotatable bonds is 5. The fourth-order valence-corrected chi connectivity index (χ4v) is 1.70. The number of carbonyl (C=O) groups excluding carboxylic acids is 1. The highest BCUT2D eigenvalue weighted by Crippen LogP contribution is 2.15. The minimum absolute atomic E-state index is 0.0890. The first kappa shape index (κ1) is 12.0. The summed E-state index contributed by atoms with van der Waals surface area (Å²) in [6, 6.07) is 4.07. The molecule has 0 spiro atoms. The van der Waals surface area contributed by atoms with E-state index < -0.39 is 0 Å². The lowest BCUT2D eigenvalue weighted by atomic mass is 10.3. The molecule has 15 heavy (non-hydrogen) atoms. The number of carbonyl (C=O) groups is 1. The summed E-state index contributed by atoms with van der Waals surface area (Å²) in [5.74, 6) is 0.556. The third kappa shape index (κ3) is 4.83. The summed E-state index contributed by atoms with van der Waals surface area (Å²) < 4.78 is 0. The Labute approximate surface area is 94.7 Å². The van der Waals surface area contributed by atoms with Gasteiger partial charge in [0.25, 0.3) is 0 Å². The molecule has 0 aliphatic rings. The second-order valence-electron chi connectivity index (χ2n) is 3.35. The molecule has 0 aromatic carbocycles. The number of nitrogens with zero attached hydrogens (tertiary/aromatic N) is 1. The number of amides is 1. The summed E-state index contributed by atoms with van der Waals surface area (Å²) >= 11 is 1.53. The van der Waals surface area contributed by atoms with Crippen LogP contribution in [0.2, 0.25) is 0 Å². The highest BCUT2D eigenvalue weighted by atomic mass is 32.2. The van der Waals surface area contributed by atoms with E-state index in [4.69, 9.17) is 0 Å². The molecule has 0 bridgehead atoms. The first-order valence-electron chi connectivity index (χ1n) is 5.04. The van der Waals surface area contributed by atoms with Crippen molar-refractivity contribution in [3.63, 3.8) is 0 Å². The molecule has 1 atom stereocenters. The van der Waals surface area contributed by atoms with Crippen molar-refractivity contribution in [2.24, 2.45) is 0 Å². The number of thioether (sulfide) groups is 1. The molecule has 1 aromatic heterocycles. The smallest absolute Gasteiger partial charge is 0.230 e. The molecular formula is C11H16N2OS. The van der Waals surface area contributed by atoms with E-state index in [-0.39, 0.29) is 11.9 Å². The van der Waals surface area contributed by atoms with Crippen LogP contribution in [0.3, 0.4) is 0 Å². The second kappa shape index (κ2) is 6.45. The Kier molecular flexibility index (Phi) is 5.18. The summed E-state index contributed by atoms with van der Waals surface area (Å²) in [4.78, 5) is 16.4. The predicted octanol–water partition coefficient (Wildman–Crippen LogP) is 2.09. The minimum atomic E-state index is 0.0890.